The quantitative estimate of drug-likeness (QED) is 0.0488. The molecule has 0 radical (unpaired) electrons. The first-order valence-corrected chi connectivity index (χ1v) is 43.4. The molecule has 74 heavy (non-hydrogen) atoms. The number of carboxylic acids is 2. The number of hydrogen-bond acceptors (Lipinski definition) is 4. The minimum absolute atomic E-state index is 0.232. The summed E-state index contributed by atoms with van der Waals surface area (Å²) in [6.07, 6.45) is 58.3. The van der Waals surface area contributed by atoms with Gasteiger partial charge >= 0.3 is 307 Å². The number of hydrogen-bond donors (Lipinski definition) is 0. The van der Waals surface area contributed by atoms with E-state index in [0.29, 0.717) is 0 Å². The molecule has 0 amide bonds. The van der Waals surface area contributed by atoms with Gasteiger partial charge in [0.2, 0.25) is 0 Å². The van der Waals surface area contributed by atoms with Crippen LogP contribution in [-0.2, 0) is 9.59 Å². The van der Waals surface area contributed by atoms with Crippen LogP contribution < -0.4 is 17.4 Å². The molecule has 0 spiro atoms. The average Bonchev–Trinajstić information content (AvgIpc) is 3.40. The van der Waals surface area contributed by atoms with Crippen molar-refractivity contribution >= 4 is 58.6 Å². The SMILES string of the molecule is CCCCCCCCCCCC(=O)[O-].CCCCCCCCCCCC(=O)[O-].CCCCCCC[CH2][Sn]([CH2]CCCCCCC)([CH2]CCCCCCC)[CH2]CCCCCCC.c1cc[c]([Sn+2][c]2ccccc2)cc1. The Morgan fingerprint density at radius 3 is 0.689 bits per heavy atom. The van der Waals surface area contributed by atoms with Gasteiger partial charge in [0.1, 0.15) is 0 Å². The van der Waals surface area contributed by atoms with Crippen LogP contribution in [0.3, 0.4) is 0 Å². The van der Waals surface area contributed by atoms with Crippen molar-refractivity contribution in [1.82, 2.24) is 0 Å². The van der Waals surface area contributed by atoms with Gasteiger partial charge in [0.25, 0.3) is 0 Å². The summed E-state index contributed by atoms with van der Waals surface area (Å²) >= 11 is -2.49. The Kier molecular flexibility index (Phi) is 63.7. The minimum atomic E-state index is -1.97. The summed E-state index contributed by atoms with van der Waals surface area (Å²) in [6.45, 7) is 13.8. The first-order valence-electron chi connectivity index (χ1n) is 32.5. The van der Waals surface area contributed by atoms with Crippen molar-refractivity contribution in [2.75, 3.05) is 0 Å². The molecule has 0 unspecified atom stereocenters. The molecule has 0 saturated carbocycles. The third kappa shape index (κ3) is 58.7. The Morgan fingerprint density at radius 2 is 0.486 bits per heavy atom. The van der Waals surface area contributed by atoms with Crippen LogP contribution in [0, 0.1) is 0 Å². The molecule has 0 N–H and O–H groups in total. The fourth-order valence-corrected chi connectivity index (χ4v) is 28.9. The molecule has 0 fully saturated rings. The summed E-state index contributed by atoms with van der Waals surface area (Å²) in [5, 5.41) is 20.2. The van der Waals surface area contributed by atoms with E-state index < -0.39 is 51.5 Å². The molecule has 0 aliphatic rings. The molecule has 2 rings (SSSR count). The molecule has 0 bridgehead atoms. The molecule has 0 aliphatic heterocycles. The van der Waals surface area contributed by atoms with Gasteiger partial charge in [-0.1, -0.05) is 117 Å². The molecular formula is C68H124O4Sn2. The fourth-order valence-electron chi connectivity index (χ4n) is 10.2. The maximum absolute atomic E-state index is 10.1. The second kappa shape index (κ2) is 62.8. The van der Waals surface area contributed by atoms with Gasteiger partial charge in [-0.25, -0.2) is 0 Å². The van der Waals surface area contributed by atoms with Gasteiger partial charge in [-0.05, 0) is 25.7 Å². The third-order valence-electron chi connectivity index (χ3n) is 15.0. The molecule has 0 saturated heterocycles. The second-order valence-electron chi connectivity index (χ2n) is 22.3. The summed E-state index contributed by atoms with van der Waals surface area (Å²) < 4.78 is 10.1. The zero-order chi connectivity index (χ0) is 54.5. The standard InChI is InChI=1S/2C12H24O2.4C8H17.2C6H5.2Sn/c2*1-2-3-4-5-6-7-8-9-10-11-12(13)14;4*1-3-5-7-8-6-4-2;2*1-2-4-6-5-3-1;;/h2*2-11H2,1H3,(H,13,14);4*1,3-8H2,2H3;2*1-5H;;/q;;;;;;;;;+2/p-2. The maximum atomic E-state index is 10.1. The predicted octanol–water partition coefficient (Wildman–Crippen LogP) is 19.5. The van der Waals surface area contributed by atoms with Crippen LogP contribution in [0.25, 0.3) is 0 Å². The van der Waals surface area contributed by atoms with Crippen LogP contribution in [0.5, 0.6) is 0 Å². The third-order valence-corrected chi connectivity index (χ3v) is 34.7. The summed E-state index contributed by atoms with van der Waals surface area (Å²) in [5.41, 5.74) is 0. The van der Waals surface area contributed by atoms with E-state index in [1.54, 1.807) is 69.1 Å². The van der Waals surface area contributed by atoms with Crippen molar-refractivity contribution in [1.29, 1.82) is 0 Å². The molecule has 2 aromatic carbocycles. The topological polar surface area (TPSA) is 80.3 Å². The molecule has 428 valence electrons. The van der Waals surface area contributed by atoms with Gasteiger partial charge < -0.3 is 19.8 Å². The van der Waals surface area contributed by atoms with Crippen LogP contribution >= 0.6 is 0 Å². The molecule has 6 heteroatoms. The van der Waals surface area contributed by atoms with Crippen LogP contribution in [0.1, 0.15) is 324 Å². The molecule has 0 aromatic heterocycles. The van der Waals surface area contributed by atoms with Crippen molar-refractivity contribution < 1.29 is 19.8 Å². The van der Waals surface area contributed by atoms with Crippen LogP contribution in [0.15, 0.2) is 60.7 Å². The van der Waals surface area contributed by atoms with Crippen LogP contribution in [0.2, 0.25) is 17.7 Å². The van der Waals surface area contributed by atoms with E-state index in [4.69, 9.17) is 0 Å². The molecule has 0 heterocycles. The van der Waals surface area contributed by atoms with Gasteiger partial charge in [0.15, 0.2) is 0 Å². The zero-order valence-corrected chi connectivity index (χ0v) is 56.1. The number of carbonyl (C=O) groups excluding carboxylic acids is 2. The van der Waals surface area contributed by atoms with Gasteiger partial charge in [-0.15, -0.1) is 0 Å². The average molecular weight is 1240 g/mol. The van der Waals surface area contributed by atoms with E-state index in [1.807, 2.05) is 0 Å². The number of carbonyl (C=O) groups is 2. The van der Waals surface area contributed by atoms with Gasteiger partial charge in [0, 0.05) is 11.9 Å². The number of unbranched alkanes of at least 4 members (excludes halogenated alkanes) is 36. The van der Waals surface area contributed by atoms with E-state index >= 15 is 0 Å². The van der Waals surface area contributed by atoms with Crippen molar-refractivity contribution in [3.05, 3.63) is 60.7 Å². The van der Waals surface area contributed by atoms with Crippen molar-refractivity contribution in [3.8, 4) is 0 Å². The summed E-state index contributed by atoms with van der Waals surface area (Å²) in [5.74, 6) is -1.82. The Hall–Kier alpha value is -1.02. The Morgan fingerprint density at radius 1 is 0.297 bits per heavy atom. The normalized spacial score (nSPS) is 10.9. The van der Waals surface area contributed by atoms with E-state index in [-0.39, 0.29) is 12.8 Å². The van der Waals surface area contributed by atoms with Crippen LogP contribution in [-0.4, -0.2) is 51.5 Å². The Balaban J connectivity index is 0. The van der Waals surface area contributed by atoms with Gasteiger partial charge in [-0.3, -0.25) is 0 Å². The van der Waals surface area contributed by atoms with E-state index in [9.17, 15) is 19.8 Å². The summed E-state index contributed by atoms with van der Waals surface area (Å²) in [7, 11) is 0. The monoisotopic (exact) mass is 1240 g/mol. The first-order chi connectivity index (χ1) is 36.2. The summed E-state index contributed by atoms with van der Waals surface area (Å²) in [4.78, 5) is 20.2. The van der Waals surface area contributed by atoms with Gasteiger partial charge in [0.05, 0.1) is 0 Å². The number of benzene rings is 2. The Bertz CT molecular complexity index is 1230. The van der Waals surface area contributed by atoms with E-state index in [0.717, 1.165) is 25.7 Å². The number of rotatable bonds is 50. The van der Waals surface area contributed by atoms with Crippen molar-refractivity contribution in [3.63, 3.8) is 0 Å². The fraction of sp³-hybridized carbons (Fsp3) is 0.794. The van der Waals surface area contributed by atoms with E-state index in [2.05, 4.69) is 102 Å². The van der Waals surface area contributed by atoms with Crippen molar-refractivity contribution in [2.45, 2.75) is 342 Å². The first kappa shape index (κ1) is 75.0. The number of aliphatic carboxylic acids is 2. The Labute approximate surface area is 477 Å². The number of carboxylic acid groups (broad SMARTS) is 2. The molecule has 0 aliphatic carbocycles. The van der Waals surface area contributed by atoms with Gasteiger partial charge in [-0.2, -0.15) is 0 Å². The van der Waals surface area contributed by atoms with Crippen LogP contribution in [0.4, 0.5) is 0 Å². The molecule has 2 aromatic rings. The predicted molar refractivity (Wildman–Crippen MR) is 330 cm³/mol. The summed E-state index contributed by atoms with van der Waals surface area (Å²) in [6, 6.07) is 21.6. The zero-order valence-electron chi connectivity index (χ0n) is 50.3. The van der Waals surface area contributed by atoms with E-state index in [1.165, 1.54) is 200 Å². The molecule has 0 atom stereocenters. The molecule has 4 nitrogen and oxygen atoms in total. The molecular weight excluding hydrogens is 1120 g/mol. The second-order valence-corrected chi connectivity index (χ2v) is 40.6. The van der Waals surface area contributed by atoms with Crippen molar-refractivity contribution in [2.24, 2.45) is 0 Å².